The normalized spacial score (nSPS) is 15.1. The van der Waals surface area contributed by atoms with Gasteiger partial charge in [0.1, 0.15) is 6.54 Å². The molecule has 0 spiro atoms. The predicted molar refractivity (Wildman–Crippen MR) is 90.2 cm³/mol. The number of amides is 1. The molecular formula is C18H23N3O2. The van der Waals surface area contributed by atoms with Gasteiger partial charge in [-0.05, 0) is 24.8 Å². The maximum absolute atomic E-state index is 12.3. The highest BCUT2D eigenvalue weighted by molar-refractivity contribution is 5.81. The molecule has 1 aliphatic carbocycles. The highest BCUT2D eigenvalue weighted by Gasteiger charge is 2.14. The van der Waals surface area contributed by atoms with Crippen LogP contribution in [0.4, 0.5) is 0 Å². The van der Waals surface area contributed by atoms with E-state index in [0.717, 1.165) is 17.7 Å². The molecule has 1 N–H and O–H groups in total. The number of aromatic nitrogens is 2. The Balaban J connectivity index is 1.51. The van der Waals surface area contributed by atoms with Gasteiger partial charge < -0.3 is 5.32 Å². The second-order valence-corrected chi connectivity index (χ2v) is 6.34. The van der Waals surface area contributed by atoms with Crippen LogP contribution < -0.4 is 10.9 Å². The lowest BCUT2D eigenvalue weighted by Crippen LogP contribution is -2.34. The van der Waals surface area contributed by atoms with Crippen LogP contribution >= 0.6 is 0 Å². The van der Waals surface area contributed by atoms with Crippen LogP contribution in [0.25, 0.3) is 10.8 Å². The van der Waals surface area contributed by atoms with Crippen molar-refractivity contribution in [3.05, 3.63) is 40.8 Å². The molecular weight excluding hydrogens is 290 g/mol. The molecule has 0 radical (unpaired) electrons. The second-order valence-electron chi connectivity index (χ2n) is 6.34. The Bertz CT molecular complexity index is 732. The third kappa shape index (κ3) is 3.97. The largest absolute Gasteiger partial charge is 0.354 e. The molecule has 0 unspecified atom stereocenters. The number of nitrogens with one attached hydrogen (secondary N) is 1. The molecule has 1 fully saturated rings. The standard InChI is InChI=1S/C18H23N3O2/c22-17(19-11-5-8-14-6-1-2-7-14)13-21-18(23)16-10-4-3-9-15(16)12-20-21/h3-4,9-10,12,14H,1-2,5-8,11,13H2,(H,19,22). The topological polar surface area (TPSA) is 64.0 Å². The Morgan fingerprint density at radius 1 is 1.26 bits per heavy atom. The van der Waals surface area contributed by atoms with Crippen molar-refractivity contribution in [3.8, 4) is 0 Å². The van der Waals surface area contributed by atoms with Crippen LogP contribution in [0.1, 0.15) is 38.5 Å². The molecule has 1 heterocycles. The molecule has 23 heavy (non-hydrogen) atoms. The van der Waals surface area contributed by atoms with E-state index < -0.39 is 0 Å². The monoisotopic (exact) mass is 313 g/mol. The summed E-state index contributed by atoms with van der Waals surface area (Å²) in [5, 5.41) is 8.36. The van der Waals surface area contributed by atoms with Gasteiger partial charge in [-0.2, -0.15) is 5.10 Å². The van der Waals surface area contributed by atoms with Gasteiger partial charge in [0.2, 0.25) is 5.91 Å². The predicted octanol–water partition coefficient (Wildman–Crippen LogP) is 2.48. The highest BCUT2D eigenvalue weighted by atomic mass is 16.2. The van der Waals surface area contributed by atoms with Gasteiger partial charge in [-0.15, -0.1) is 0 Å². The molecule has 0 saturated heterocycles. The average Bonchev–Trinajstić information content (AvgIpc) is 3.08. The summed E-state index contributed by atoms with van der Waals surface area (Å²) in [5.74, 6) is 0.693. The number of carbonyl (C=O) groups is 1. The molecule has 0 bridgehead atoms. The van der Waals surface area contributed by atoms with E-state index in [1.165, 1.54) is 36.8 Å². The molecule has 5 heteroatoms. The maximum atomic E-state index is 12.3. The Labute approximate surface area is 135 Å². The summed E-state index contributed by atoms with van der Waals surface area (Å²) in [4.78, 5) is 24.3. The quantitative estimate of drug-likeness (QED) is 0.833. The summed E-state index contributed by atoms with van der Waals surface area (Å²) >= 11 is 0. The van der Waals surface area contributed by atoms with Crippen molar-refractivity contribution in [1.29, 1.82) is 0 Å². The van der Waals surface area contributed by atoms with Crippen LogP contribution in [0.5, 0.6) is 0 Å². The van der Waals surface area contributed by atoms with Crippen LogP contribution in [-0.4, -0.2) is 22.2 Å². The molecule has 1 aromatic carbocycles. The summed E-state index contributed by atoms with van der Waals surface area (Å²) in [6, 6.07) is 7.29. The Morgan fingerprint density at radius 2 is 2.04 bits per heavy atom. The van der Waals surface area contributed by atoms with Crippen LogP contribution in [0.2, 0.25) is 0 Å². The third-order valence-electron chi connectivity index (χ3n) is 4.64. The zero-order valence-corrected chi connectivity index (χ0v) is 13.3. The number of benzene rings is 1. The molecule has 1 saturated carbocycles. The van der Waals surface area contributed by atoms with Crippen LogP contribution in [-0.2, 0) is 11.3 Å². The molecule has 5 nitrogen and oxygen atoms in total. The van der Waals surface area contributed by atoms with E-state index in [9.17, 15) is 9.59 Å². The fourth-order valence-corrected chi connectivity index (χ4v) is 3.35. The molecule has 122 valence electrons. The highest BCUT2D eigenvalue weighted by Crippen LogP contribution is 2.28. The van der Waals surface area contributed by atoms with Crippen molar-refractivity contribution >= 4 is 16.7 Å². The number of fused-ring (bicyclic) bond motifs is 1. The SMILES string of the molecule is O=C(Cn1ncc2ccccc2c1=O)NCCCC1CCCC1. The average molecular weight is 313 g/mol. The van der Waals surface area contributed by atoms with Crippen molar-refractivity contribution < 1.29 is 4.79 Å². The molecule has 3 rings (SSSR count). The van der Waals surface area contributed by atoms with Crippen molar-refractivity contribution in [2.45, 2.75) is 45.1 Å². The van der Waals surface area contributed by atoms with E-state index in [-0.39, 0.29) is 18.0 Å². The molecule has 1 aliphatic rings. The van der Waals surface area contributed by atoms with Gasteiger partial charge in [-0.1, -0.05) is 43.9 Å². The van der Waals surface area contributed by atoms with E-state index in [1.807, 2.05) is 18.2 Å². The Kier molecular flexibility index (Phi) is 5.05. The van der Waals surface area contributed by atoms with Crippen molar-refractivity contribution in [3.63, 3.8) is 0 Å². The van der Waals surface area contributed by atoms with Gasteiger partial charge in [0.15, 0.2) is 0 Å². The number of carbonyl (C=O) groups excluding carboxylic acids is 1. The minimum absolute atomic E-state index is 0.0207. The van der Waals surface area contributed by atoms with E-state index in [1.54, 1.807) is 12.3 Å². The van der Waals surface area contributed by atoms with Crippen molar-refractivity contribution in [2.24, 2.45) is 5.92 Å². The molecule has 0 aliphatic heterocycles. The van der Waals surface area contributed by atoms with Crippen LogP contribution in [0.3, 0.4) is 0 Å². The Morgan fingerprint density at radius 3 is 2.87 bits per heavy atom. The molecule has 1 amide bonds. The van der Waals surface area contributed by atoms with E-state index in [2.05, 4.69) is 10.4 Å². The number of rotatable bonds is 6. The fourth-order valence-electron chi connectivity index (χ4n) is 3.35. The first kappa shape index (κ1) is 15.7. The van der Waals surface area contributed by atoms with Crippen LogP contribution in [0.15, 0.2) is 35.3 Å². The number of hydrogen-bond acceptors (Lipinski definition) is 3. The lowest BCUT2D eigenvalue weighted by atomic mass is 10.0. The lowest BCUT2D eigenvalue weighted by Gasteiger charge is -2.10. The van der Waals surface area contributed by atoms with E-state index in [4.69, 9.17) is 0 Å². The van der Waals surface area contributed by atoms with Crippen molar-refractivity contribution in [1.82, 2.24) is 15.1 Å². The van der Waals surface area contributed by atoms with Gasteiger partial charge in [0.25, 0.3) is 5.56 Å². The summed E-state index contributed by atoms with van der Waals surface area (Å²) < 4.78 is 1.23. The van der Waals surface area contributed by atoms with Crippen LogP contribution in [0, 0.1) is 5.92 Å². The van der Waals surface area contributed by atoms with Gasteiger partial charge in [-0.3, -0.25) is 9.59 Å². The van der Waals surface area contributed by atoms with E-state index in [0.29, 0.717) is 11.9 Å². The lowest BCUT2D eigenvalue weighted by molar-refractivity contribution is -0.121. The van der Waals surface area contributed by atoms with Gasteiger partial charge in [0, 0.05) is 11.9 Å². The van der Waals surface area contributed by atoms with Crippen molar-refractivity contribution in [2.75, 3.05) is 6.54 Å². The minimum Gasteiger partial charge on any atom is -0.354 e. The minimum atomic E-state index is -0.218. The zero-order valence-electron chi connectivity index (χ0n) is 13.3. The molecule has 0 atom stereocenters. The molecule has 2 aromatic rings. The molecule has 1 aromatic heterocycles. The Hall–Kier alpha value is -2.17. The maximum Gasteiger partial charge on any atom is 0.275 e. The van der Waals surface area contributed by atoms with E-state index >= 15 is 0 Å². The number of nitrogens with zero attached hydrogens (tertiary/aromatic N) is 2. The zero-order chi connectivity index (χ0) is 16.1. The van der Waals surface area contributed by atoms with Gasteiger partial charge >= 0.3 is 0 Å². The summed E-state index contributed by atoms with van der Waals surface area (Å²) in [6.45, 7) is 0.658. The summed E-state index contributed by atoms with van der Waals surface area (Å²) in [5.41, 5.74) is -0.218. The first-order valence-electron chi connectivity index (χ1n) is 8.45. The summed E-state index contributed by atoms with van der Waals surface area (Å²) in [7, 11) is 0. The second kappa shape index (κ2) is 7.40. The first-order chi connectivity index (χ1) is 11.2. The fraction of sp³-hybridized carbons (Fsp3) is 0.500. The third-order valence-corrected chi connectivity index (χ3v) is 4.64. The van der Waals surface area contributed by atoms with Gasteiger partial charge in [-0.25, -0.2) is 4.68 Å². The number of hydrogen-bond donors (Lipinski definition) is 1. The summed E-state index contributed by atoms with van der Waals surface area (Å²) in [6.07, 6.45) is 9.21. The smallest absolute Gasteiger partial charge is 0.275 e. The van der Waals surface area contributed by atoms with Gasteiger partial charge in [0.05, 0.1) is 11.6 Å². The first-order valence-corrected chi connectivity index (χ1v) is 8.45.